The second-order valence-corrected chi connectivity index (χ2v) is 5.62. The first-order valence-corrected chi connectivity index (χ1v) is 6.87. The van der Waals surface area contributed by atoms with Crippen molar-refractivity contribution in [2.24, 2.45) is 0 Å². The molecule has 2 nitrogen and oxygen atoms in total. The first kappa shape index (κ1) is 12.9. The molecule has 88 valence electrons. The molecule has 0 aliphatic heterocycles. The maximum atomic E-state index is 6.03. The van der Waals surface area contributed by atoms with Gasteiger partial charge in [0.2, 0.25) is 0 Å². The molecule has 5 heteroatoms. The van der Waals surface area contributed by atoms with Crippen LogP contribution in [0.2, 0.25) is 5.02 Å². The van der Waals surface area contributed by atoms with Crippen molar-refractivity contribution in [1.82, 2.24) is 4.98 Å². The van der Waals surface area contributed by atoms with Gasteiger partial charge in [-0.05, 0) is 62.5 Å². The predicted molar refractivity (Wildman–Crippen MR) is 79.1 cm³/mol. The molecule has 0 bridgehead atoms. The maximum Gasteiger partial charge on any atom is 0.144 e. The summed E-state index contributed by atoms with van der Waals surface area (Å²) in [5.41, 5.74) is 1.99. The molecule has 2 rings (SSSR count). The van der Waals surface area contributed by atoms with Crippen LogP contribution in [0, 0.1) is 6.92 Å². The number of nitrogens with one attached hydrogen (secondary N) is 1. The maximum absolute atomic E-state index is 6.03. The molecule has 0 atom stereocenters. The molecule has 17 heavy (non-hydrogen) atoms. The summed E-state index contributed by atoms with van der Waals surface area (Å²) in [6.07, 6.45) is 1.81. The smallest absolute Gasteiger partial charge is 0.144 e. The van der Waals surface area contributed by atoms with Crippen LogP contribution in [0.15, 0.2) is 39.4 Å². The van der Waals surface area contributed by atoms with E-state index in [2.05, 4.69) is 42.2 Å². The highest BCUT2D eigenvalue weighted by Gasteiger charge is 2.07. The molecule has 0 saturated carbocycles. The third-order valence-corrected chi connectivity index (χ3v) is 4.18. The van der Waals surface area contributed by atoms with Crippen LogP contribution in [-0.4, -0.2) is 4.98 Å². The third-order valence-electron chi connectivity index (χ3n) is 2.18. The molecule has 0 radical (unpaired) electrons. The average molecular weight is 376 g/mol. The fourth-order valence-electron chi connectivity index (χ4n) is 1.35. The molecule has 0 amide bonds. The van der Waals surface area contributed by atoms with Crippen molar-refractivity contribution in [2.45, 2.75) is 6.92 Å². The zero-order valence-electron chi connectivity index (χ0n) is 8.97. The molecule has 0 unspecified atom stereocenters. The summed E-state index contributed by atoms with van der Waals surface area (Å²) >= 11 is 12.9. The lowest BCUT2D eigenvalue weighted by Crippen LogP contribution is -1.96. The van der Waals surface area contributed by atoms with E-state index in [9.17, 15) is 0 Å². The fourth-order valence-corrected chi connectivity index (χ4v) is 2.45. The van der Waals surface area contributed by atoms with Gasteiger partial charge in [0.1, 0.15) is 5.82 Å². The van der Waals surface area contributed by atoms with E-state index in [0.717, 1.165) is 26.0 Å². The van der Waals surface area contributed by atoms with E-state index in [1.54, 1.807) is 0 Å². The monoisotopic (exact) mass is 374 g/mol. The van der Waals surface area contributed by atoms with Gasteiger partial charge in [0, 0.05) is 6.20 Å². The molecule has 0 aliphatic carbocycles. The standard InChI is InChI=1S/C12H9Br2ClN2/c1-7-5-8(13)12(16-6-7)17-10-4-2-3-9(15)11(10)14/h2-6H,1H3,(H,16,17). The fraction of sp³-hybridized carbons (Fsp3) is 0.0833. The molecule has 0 fully saturated rings. The first-order chi connectivity index (χ1) is 8.08. The molecule has 1 aromatic carbocycles. The number of rotatable bonds is 2. The number of anilines is 2. The van der Waals surface area contributed by atoms with Gasteiger partial charge in [-0.25, -0.2) is 4.98 Å². The van der Waals surface area contributed by atoms with E-state index in [-0.39, 0.29) is 0 Å². The third kappa shape index (κ3) is 3.00. The van der Waals surface area contributed by atoms with Crippen molar-refractivity contribution in [3.8, 4) is 0 Å². The number of pyridine rings is 1. The summed E-state index contributed by atoms with van der Waals surface area (Å²) in [6.45, 7) is 2.00. The minimum Gasteiger partial charge on any atom is -0.338 e. The lowest BCUT2D eigenvalue weighted by atomic mass is 10.3. The highest BCUT2D eigenvalue weighted by molar-refractivity contribution is 9.11. The summed E-state index contributed by atoms with van der Waals surface area (Å²) in [5, 5.41) is 3.88. The molecule has 0 spiro atoms. The molecule has 1 aromatic heterocycles. The van der Waals surface area contributed by atoms with Gasteiger partial charge in [0.05, 0.1) is 19.7 Å². The highest BCUT2D eigenvalue weighted by atomic mass is 79.9. The molecular formula is C12H9Br2ClN2. The van der Waals surface area contributed by atoms with E-state index >= 15 is 0 Å². The number of halogens is 3. The minimum atomic E-state index is 0.665. The van der Waals surface area contributed by atoms with E-state index in [1.807, 2.05) is 37.4 Å². The van der Waals surface area contributed by atoms with Crippen LogP contribution < -0.4 is 5.32 Å². The molecule has 0 saturated heterocycles. The van der Waals surface area contributed by atoms with Crippen LogP contribution in [0.25, 0.3) is 0 Å². The molecule has 0 aliphatic rings. The number of aromatic nitrogens is 1. The summed E-state index contributed by atoms with van der Waals surface area (Å²) in [4.78, 5) is 4.32. The van der Waals surface area contributed by atoms with Crippen molar-refractivity contribution in [3.63, 3.8) is 0 Å². The van der Waals surface area contributed by atoms with E-state index in [4.69, 9.17) is 11.6 Å². The summed E-state index contributed by atoms with van der Waals surface area (Å²) in [5.74, 6) is 0.763. The van der Waals surface area contributed by atoms with Crippen LogP contribution in [0.3, 0.4) is 0 Å². The normalized spacial score (nSPS) is 10.4. The summed E-state index contributed by atoms with van der Waals surface area (Å²) in [6, 6.07) is 7.66. The highest BCUT2D eigenvalue weighted by Crippen LogP contribution is 2.33. The van der Waals surface area contributed by atoms with Crippen molar-refractivity contribution < 1.29 is 0 Å². The van der Waals surface area contributed by atoms with E-state index in [0.29, 0.717) is 5.02 Å². The summed E-state index contributed by atoms with van der Waals surface area (Å²) < 4.78 is 1.75. The lowest BCUT2D eigenvalue weighted by molar-refractivity contribution is 1.24. The van der Waals surface area contributed by atoms with Gasteiger partial charge in [-0.15, -0.1) is 0 Å². The van der Waals surface area contributed by atoms with Gasteiger partial charge in [-0.3, -0.25) is 0 Å². The zero-order chi connectivity index (χ0) is 12.4. The number of hydrogen-bond donors (Lipinski definition) is 1. The average Bonchev–Trinajstić information content (AvgIpc) is 2.28. The van der Waals surface area contributed by atoms with Gasteiger partial charge >= 0.3 is 0 Å². The van der Waals surface area contributed by atoms with Crippen molar-refractivity contribution in [1.29, 1.82) is 0 Å². The lowest BCUT2D eigenvalue weighted by Gasteiger charge is -2.10. The Bertz CT molecular complexity index is 558. The Hall–Kier alpha value is -0.580. The second kappa shape index (κ2) is 5.38. The molecular weight excluding hydrogens is 367 g/mol. The van der Waals surface area contributed by atoms with Gasteiger partial charge in [0.15, 0.2) is 0 Å². The van der Waals surface area contributed by atoms with E-state index in [1.165, 1.54) is 0 Å². The number of nitrogens with zero attached hydrogens (tertiary/aromatic N) is 1. The Morgan fingerprint density at radius 3 is 2.76 bits per heavy atom. The Labute approximate surface area is 122 Å². The Kier molecular flexibility index (Phi) is 4.07. The van der Waals surface area contributed by atoms with Gasteiger partial charge in [-0.2, -0.15) is 0 Å². The van der Waals surface area contributed by atoms with Crippen molar-refractivity contribution in [2.75, 3.05) is 5.32 Å². The Morgan fingerprint density at radius 1 is 1.29 bits per heavy atom. The largest absolute Gasteiger partial charge is 0.338 e. The minimum absolute atomic E-state index is 0.665. The van der Waals surface area contributed by atoms with Crippen molar-refractivity contribution >= 4 is 55.0 Å². The molecule has 1 N–H and O–H groups in total. The number of benzene rings is 1. The van der Waals surface area contributed by atoms with Crippen molar-refractivity contribution in [3.05, 3.63) is 50.0 Å². The molecule has 1 heterocycles. The van der Waals surface area contributed by atoms with Gasteiger partial charge in [-0.1, -0.05) is 17.7 Å². The quantitative estimate of drug-likeness (QED) is 0.768. The first-order valence-electron chi connectivity index (χ1n) is 4.91. The second-order valence-electron chi connectivity index (χ2n) is 3.57. The van der Waals surface area contributed by atoms with Gasteiger partial charge in [0.25, 0.3) is 0 Å². The SMILES string of the molecule is Cc1cnc(Nc2cccc(Cl)c2Br)c(Br)c1. The summed E-state index contributed by atoms with van der Waals surface area (Å²) in [7, 11) is 0. The van der Waals surface area contributed by atoms with Crippen LogP contribution >= 0.6 is 43.5 Å². The number of aryl methyl sites for hydroxylation is 1. The van der Waals surface area contributed by atoms with Crippen LogP contribution in [0.5, 0.6) is 0 Å². The predicted octanol–water partition coefficient (Wildman–Crippen LogP) is 5.31. The zero-order valence-corrected chi connectivity index (χ0v) is 12.9. The topological polar surface area (TPSA) is 24.9 Å². The Balaban J connectivity index is 2.35. The Morgan fingerprint density at radius 2 is 2.06 bits per heavy atom. The van der Waals surface area contributed by atoms with Crippen LogP contribution in [-0.2, 0) is 0 Å². The van der Waals surface area contributed by atoms with Gasteiger partial charge < -0.3 is 5.32 Å². The van der Waals surface area contributed by atoms with E-state index < -0.39 is 0 Å². The van der Waals surface area contributed by atoms with Crippen LogP contribution in [0.1, 0.15) is 5.56 Å². The number of hydrogen-bond acceptors (Lipinski definition) is 2. The molecule has 2 aromatic rings. The van der Waals surface area contributed by atoms with Crippen LogP contribution in [0.4, 0.5) is 11.5 Å².